The van der Waals surface area contributed by atoms with Gasteiger partial charge in [-0.15, -0.1) is 0 Å². The van der Waals surface area contributed by atoms with Gasteiger partial charge in [0.1, 0.15) is 0 Å². The van der Waals surface area contributed by atoms with E-state index in [0.29, 0.717) is 17.2 Å². The molecule has 3 rings (SSSR count). The van der Waals surface area contributed by atoms with Crippen molar-refractivity contribution in [3.8, 4) is 0 Å². The predicted molar refractivity (Wildman–Crippen MR) is 129 cm³/mol. The number of ether oxygens (including phenoxy) is 2. The number of hydrogen-bond donors (Lipinski definition) is 4. The Morgan fingerprint density at radius 3 is 2.26 bits per heavy atom. The van der Waals surface area contributed by atoms with Crippen molar-refractivity contribution in [3.05, 3.63) is 65.2 Å². The molecule has 0 bridgehead atoms. The number of hydrogen-bond acceptors (Lipinski definition) is 7. The highest BCUT2D eigenvalue weighted by Gasteiger charge is 2.38. The first kappa shape index (κ1) is 26.2. The normalized spacial score (nSPS) is 22.3. The molecule has 2 aromatic rings. The van der Waals surface area contributed by atoms with Crippen molar-refractivity contribution in [2.75, 3.05) is 23.4 Å². The fourth-order valence-corrected chi connectivity index (χ4v) is 4.65. The molecule has 8 nitrogen and oxygen atoms in total. The maximum Gasteiger partial charge on any atom is 0.303 e. The van der Waals surface area contributed by atoms with Crippen LogP contribution < -0.4 is 5.32 Å². The lowest BCUT2D eigenvalue weighted by Crippen LogP contribution is -2.38. The van der Waals surface area contributed by atoms with Gasteiger partial charge in [-0.1, -0.05) is 43.3 Å². The number of rotatable bonds is 11. The molecule has 0 aliphatic carbocycles. The molecule has 1 saturated heterocycles. The summed E-state index contributed by atoms with van der Waals surface area (Å²) in [4.78, 5) is 22.5. The number of aliphatic carboxylic acids is 1. The fourth-order valence-electron chi connectivity index (χ4n) is 3.74. The number of nitrogens with one attached hydrogen (secondary N) is 1. The molecule has 1 aliphatic rings. The zero-order valence-corrected chi connectivity index (χ0v) is 19.9. The van der Waals surface area contributed by atoms with Gasteiger partial charge in [-0.25, -0.2) is 0 Å². The Morgan fingerprint density at radius 2 is 1.65 bits per heavy atom. The van der Waals surface area contributed by atoms with E-state index < -0.39 is 12.3 Å². The smallest absolute Gasteiger partial charge is 0.303 e. The lowest BCUT2D eigenvalue weighted by Gasteiger charge is -2.41. The topological polar surface area (TPSA) is 125 Å². The second-order valence-electron chi connectivity index (χ2n) is 8.18. The number of carboxylic acids is 1. The van der Waals surface area contributed by atoms with E-state index in [0.717, 1.165) is 16.7 Å². The number of thioether (sulfide) groups is 1. The van der Waals surface area contributed by atoms with Gasteiger partial charge in [0.25, 0.3) is 0 Å². The highest BCUT2D eigenvalue weighted by molar-refractivity contribution is 7.99. The second-order valence-corrected chi connectivity index (χ2v) is 9.33. The van der Waals surface area contributed by atoms with Gasteiger partial charge in [-0.2, -0.15) is 11.8 Å². The molecule has 0 unspecified atom stereocenters. The van der Waals surface area contributed by atoms with Crippen LogP contribution in [0.5, 0.6) is 0 Å². The molecule has 34 heavy (non-hydrogen) atoms. The van der Waals surface area contributed by atoms with Crippen molar-refractivity contribution in [3.63, 3.8) is 0 Å². The van der Waals surface area contributed by atoms with E-state index in [-0.39, 0.29) is 50.1 Å². The highest BCUT2D eigenvalue weighted by Crippen LogP contribution is 2.42. The number of aliphatic hydroxyl groups excluding tert-OH is 2. The molecule has 1 aliphatic heterocycles. The predicted octanol–water partition coefficient (Wildman–Crippen LogP) is 3.50. The monoisotopic (exact) mass is 489 g/mol. The van der Waals surface area contributed by atoms with Crippen LogP contribution in [-0.2, 0) is 25.7 Å². The van der Waals surface area contributed by atoms with E-state index in [1.807, 2.05) is 36.4 Å². The summed E-state index contributed by atoms with van der Waals surface area (Å²) in [6, 6.07) is 14.8. The van der Waals surface area contributed by atoms with Crippen LogP contribution in [0, 0.1) is 5.92 Å². The number of benzene rings is 2. The Labute approximate surface area is 203 Å². The van der Waals surface area contributed by atoms with Crippen LogP contribution >= 0.6 is 11.8 Å². The first-order chi connectivity index (χ1) is 16.4. The Balaban J connectivity index is 1.74. The van der Waals surface area contributed by atoms with E-state index in [2.05, 4.69) is 12.2 Å². The number of carbonyl (C=O) groups excluding carboxylic acids is 1. The summed E-state index contributed by atoms with van der Waals surface area (Å²) in [7, 11) is 0. The number of aliphatic hydroxyl groups is 2. The largest absolute Gasteiger partial charge is 0.481 e. The molecule has 1 heterocycles. The van der Waals surface area contributed by atoms with E-state index in [1.165, 1.54) is 0 Å². The van der Waals surface area contributed by atoms with Crippen molar-refractivity contribution in [2.24, 2.45) is 5.92 Å². The van der Waals surface area contributed by atoms with Gasteiger partial charge in [0.05, 0.1) is 31.8 Å². The molecular formula is C25H31NO7S. The molecular weight excluding hydrogens is 458 g/mol. The summed E-state index contributed by atoms with van der Waals surface area (Å²) in [5, 5.41) is 29.9. The Bertz CT molecular complexity index is 935. The Morgan fingerprint density at radius 1 is 0.971 bits per heavy atom. The SMILES string of the molecule is C[C@@H]1[C@H](CSCCO)O[C@H](c2ccc(NC(=O)CCC(=O)O)cc2)O[C@@H]1c1ccc(CO)cc1. The van der Waals surface area contributed by atoms with Crippen LogP contribution in [0.25, 0.3) is 0 Å². The first-order valence-corrected chi connectivity index (χ1v) is 12.4. The van der Waals surface area contributed by atoms with E-state index >= 15 is 0 Å². The van der Waals surface area contributed by atoms with Gasteiger partial charge in [0.2, 0.25) is 5.91 Å². The van der Waals surface area contributed by atoms with Gasteiger partial charge in [0, 0.05) is 35.1 Å². The summed E-state index contributed by atoms with van der Waals surface area (Å²) in [6.45, 7) is 2.17. The lowest BCUT2D eigenvalue weighted by molar-refractivity contribution is -0.268. The molecule has 0 saturated carbocycles. The Kier molecular flexibility index (Phi) is 9.91. The summed E-state index contributed by atoms with van der Waals surface area (Å²) in [6.07, 6.45) is -1.25. The van der Waals surface area contributed by atoms with Gasteiger partial charge in [0.15, 0.2) is 6.29 Å². The molecule has 4 atom stereocenters. The zero-order chi connectivity index (χ0) is 24.5. The van der Waals surface area contributed by atoms with Crippen LogP contribution in [-0.4, -0.2) is 51.4 Å². The molecule has 0 aromatic heterocycles. The molecule has 0 spiro atoms. The summed E-state index contributed by atoms with van der Waals surface area (Å²) < 4.78 is 12.7. The van der Waals surface area contributed by atoms with E-state index in [9.17, 15) is 14.7 Å². The maximum atomic E-state index is 11.9. The third-order valence-electron chi connectivity index (χ3n) is 5.67. The minimum absolute atomic E-state index is 0.0211. The lowest BCUT2D eigenvalue weighted by atomic mass is 9.91. The minimum atomic E-state index is -1.02. The number of anilines is 1. The molecule has 2 aromatic carbocycles. The van der Waals surface area contributed by atoms with Crippen molar-refractivity contribution >= 4 is 29.3 Å². The molecule has 4 N–H and O–H groups in total. The average molecular weight is 490 g/mol. The van der Waals surface area contributed by atoms with Gasteiger partial charge < -0.3 is 30.1 Å². The molecule has 1 fully saturated rings. The van der Waals surface area contributed by atoms with Crippen LogP contribution in [0.3, 0.4) is 0 Å². The average Bonchev–Trinajstić information content (AvgIpc) is 2.84. The quantitative estimate of drug-likeness (QED) is 0.354. The summed E-state index contributed by atoms with van der Waals surface area (Å²) in [5.74, 6) is 0.0321. The second kappa shape index (κ2) is 12.9. The van der Waals surface area contributed by atoms with Crippen molar-refractivity contribution in [1.82, 2.24) is 0 Å². The third-order valence-corrected chi connectivity index (χ3v) is 6.71. The first-order valence-electron chi connectivity index (χ1n) is 11.2. The van der Waals surface area contributed by atoms with Crippen LogP contribution in [0.15, 0.2) is 48.5 Å². The summed E-state index contributed by atoms with van der Waals surface area (Å²) >= 11 is 1.63. The number of carbonyl (C=O) groups is 2. The van der Waals surface area contributed by atoms with Gasteiger partial charge in [-0.3, -0.25) is 9.59 Å². The highest BCUT2D eigenvalue weighted by atomic mass is 32.2. The maximum absolute atomic E-state index is 11.9. The van der Waals surface area contributed by atoms with Gasteiger partial charge in [-0.05, 0) is 23.3 Å². The standard InChI is InChI=1S/C25H31NO7S/c1-16-21(15-34-13-12-27)32-25(33-24(16)18-4-2-17(14-28)3-5-18)19-6-8-20(9-7-19)26-22(29)10-11-23(30)31/h2-9,16,21,24-25,27-28H,10-15H2,1H3,(H,26,29)(H,30,31)/t16-,21+,24+,25+/m1/s1. The molecule has 9 heteroatoms. The van der Waals surface area contributed by atoms with Gasteiger partial charge >= 0.3 is 5.97 Å². The van der Waals surface area contributed by atoms with E-state index in [4.69, 9.17) is 19.7 Å². The number of carboxylic acid groups (broad SMARTS) is 1. The summed E-state index contributed by atoms with van der Waals surface area (Å²) in [5.41, 5.74) is 3.19. The third kappa shape index (κ3) is 7.28. The van der Waals surface area contributed by atoms with Crippen molar-refractivity contribution < 1.29 is 34.4 Å². The van der Waals surface area contributed by atoms with Crippen LogP contribution in [0.4, 0.5) is 5.69 Å². The van der Waals surface area contributed by atoms with Crippen molar-refractivity contribution in [2.45, 2.75) is 44.9 Å². The zero-order valence-electron chi connectivity index (χ0n) is 19.1. The fraction of sp³-hybridized carbons (Fsp3) is 0.440. The Hall–Kier alpha value is -2.43. The minimum Gasteiger partial charge on any atom is -0.481 e. The molecule has 1 amide bonds. The van der Waals surface area contributed by atoms with Crippen molar-refractivity contribution in [1.29, 1.82) is 0 Å². The van der Waals surface area contributed by atoms with Crippen LogP contribution in [0.2, 0.25) is 0 Å². The van der Waals surface area contributed by atoms with Crippen LogP contribution in [0.1, 0.15) is 48.8 Å². The molecule has 184 valence electrons. The van der Waals surface area contributed by atoms with E-state index in [1.54, 1.807) is 23.9 Å². The number of amides is 1. The molecule has 0 radical (unpaired) electrons.